The molecule has 2 amide bonds. The predicted octanol–water partition coefficient (Wildman–Crippen LogP) is 1.26. The van der Waals surface area contributed by atoms with Crippen LogP contribution in [0.25, 0.3) is 0 Å². The van der Waals surface area contributed by atoms with Gasteiger partial charge in [0, 0.05) is 25.6 Å². The number of rotatable bonds is 8. The van der Waals surface area contributed by atoms with E-state index in [2.05, 4.69) is 6.92 Å². The van der Waals surface area contributed by atoms with Crippen molar-refractivity contribution in [3.8, 4) is 0 Å². The lowest BCUT2D eigenvalue weighted by atomic mass is 9.92. The maximum atomic E-state index is 13.5. The lowest BCUT2D eigenvalue weighted by Crippen LogP contribution is -2.44. The van der Waals surface area contributed by atoms with Crippen LogP contribution in [0.1, 0.15) is 39.0 Å². The highest BCUT2D eigenvalue weighted by molar-refractivity contribution is 5.79. The number of halogens is 1. The molecule has 116 valence electrons. The van der Waals surface area contributed by atoms with Gasteiger partial charge < -0.3 is 15.4 Å². The van der Waals surface area contributed by atoms with Crippen LogP contribution in [0, 0.1) is 5.92 Å². The first-order valence-corrected chi connectivity index (χ1v) is 7.35. The van der Waals surface area contributed by atoms with E-state index in [1.54, 1.807) is 4.90 Å². The number of hydrogen-bond donors (Lipinski definition) is 1. The van der Waals surface area contributed by atoms with Crippen LogP contribution in [-0.2, 0) is 14.3 Å². The van der Waals surface area contributed by atoms with Crippen molar-refractivity contribution in [1.82, 2.24) is 4.90 Å². The van der Waals surface area contributed by atoms with Gasteiger partial charge in [-0.25, -0.2) is 4.39 Å². The second-order valence-corrected chi connectivity index (χ2v) is 5.28. The fraction of sp³-hybridized carbons (Fsp3) is 0.857. The molecule has 0 aromatic carbocycles. The number of nitrogens with zero attached hydrogens (tertiary/aromatic N) is 1. The van der Waals surface area contributed by atoms with Crippen molar-refractivity contribution in [2.24, 2.45) is 11.7 Å². The zero-order valence-corrected chi connectivity index (χ0v) is 12.1. The summed E-state index contributed by atoms with van der Waals surface area (Å²) in [7, 11) is 0. The van der Waals surface area contributed by atoms with Gasteiger partial charge in [0.15, 0.2) is 6.17 Å². The Hall–Kier alpha value is -1.17. The lowest BCUT2D eigenvalue weighted by Gasteiger charge is -2.32. The van der Waals surface area contributed by atoms with Crippen LogP contribution in [0.4, 0.5) is 4.39 Å². The van der Waals surface area contributed by atoms with Crippen molar-refractivity contribution in [3.05, 3.63) is 0 Å². The maximum Gasteiger partial charge on any atom is 0.252 e. The van der Waals surface area contributed by atoms with Crippen molar-refractivity contribution in [2.75, 3.05) is 26.3 Å². The Morgan fingerprint density at radius 3 is 2.55 bits per heavy atom. The number of carbonyl (C=O) groups excluding carboxylic acids is 2. The molecule has 0 aromatic rings. The van der Waals surface area contributed by atoms with E-state index in [4.69, 9.17) is 10.5 Å². The Morgan fingerprint density at radius 1 is 1.35 bits per heavy atom. The molecule has 20 heavy (non-hydrogen) atoms. The summed E-state index contributed by atoms with van der Waals surface area (Å²) in [5.74, 6) is -1.33. The molecular weight excluding hydrogens is 263 g/mol. The summed E-state index contributed by atoms with van der Waals surface area (Å²) < 4.78 is 18.8. The topological polar surface area (TPSA) is 72.6 Å². The summed E-state index contributed by atoms with van der Waals surface area (Å²) in [5, 5.41) is 0. The summed E-state index contributed by atoms with van der Waals surface area (Å²) in [6.07, 6.45) is 2.54. The summed E-state index contributed by atoms with van der Waals surface area (Å²) in [6, 6.07) is 0. The average molecular weight is 288 g/mol. The molecule has 0 aromatic heterocycles. The number of hydrogen-bond acceptors (Lipinski definition) is 3. The second kappa shape index (κ2) is 8.89. The fourth-order valence-electron chi connectivity index (χ4n) is 2.38. The number of ether oxygens (including phenoxy) is 1. The maximum absolute atomic E-state index is 13.5. The summed E-state index contributed by atoms with van der Waals surface area (Å²) in [6.45, 7) is 3.73. The number of likely N-dealkylation sites (tertiary alicyclic amines) is 1. The minimum absolute atomic E-state index is 0.0607. The van der Waals surface area contributed by atoms with Crippen LogP contribution in [0.15, 0.2) is 0 Å². The van der Waals surface area contributed by atoms with Crippen molar-refractivity contribution in [1.29, 1.82) is 0 Å². The van der Waals surface area contributed by atoms with Crippen molar-refractivity contribution < 1.29 is 18.7 Å². The van der Waals surface area contributed by atoms with Gasteiger partial charge in [0.1, 0.15) is 6.61 Å². The standard InChI is InChI=1S/C14H25FN2O3/c1-2-3-4-9-20-10-12(18)17-7-5-11(6-8-17)13(15)14(16)19/h11,13H,2-10H2,1H3,(H2,16,19)/t13-/m1/s1. The first kappa shape index (κ1) is 16.9. The van der Waals surface area contributed by atoms with Gasteiger partial charge in [-0.3, -0.25) is 9.59 Å². The molecule has 0 bridgehead atoms. The molecule has 1 aliphatic rings. The van der Waals surface area contributed by atoms with E-state index in [9.17, 15) is 14.0 Å². The van der Waals surface area contributed by atoms with Gasteiger partial charge in [0.05, 0.1) is 0 Å². The Morgan fingerprint density at radius 2 is 2.00 bits per heavy atom. The lowest BCUT2D eigenvalue weighted by molar-refractivity contribution is -0.138. The van der Waals surface area contributed by atoms with Crippen molar-refractivity contribution in [2.45, 2.75) is 45.2 Å². The van der Waals surface area contributed by atoms with Crippen molar-refractivity contribution >= 4 is 11.8 Å². The summed E-state index contributed by atoms with van der Waals surface area (Å²) in [4.78, 5) is 24.3. The third-order valence-corrected chi connectivity index (χ3v) is 3.70. The Labute approximate surface area is 119 Å². The fourth-order valence-corrected chi connectivity index (χ4v) is 2.38. The summed E-state index contributed by atoms with van der Waals surface area (Å²) in [5.41, 5.74) is 4.95. The highest BCUT2D eigenvalue weighted by Gasteiger charge is 2.31. The number of unbranched alkanes of at least 4 members (excludes halogenated alkanes) is 2. The number of piperidine rings is 1. The minimum Gasteiger partial charge on any atom is -0.372 e. The van der Waals surface area contributed by atoms with Crippen LogP contribution in [0.5, 0.6) is 0 Å². The van der Waals surface area contributed by atoms with Gasteiger partial charge in [-0.15, -0.1) is 0 Å². The van der Waals surface area contributed by atoms with E-state index in [0.29, 0.717) is 32.5 Å². The second-order valence-electron chi connectivity index (χ2n) is 5.28. The monoisotopic (exact) mass is 288 g/mol. The van der Waals surface area contributed by atoms with Gasteiger partial charge in [-0.1, -0.05) is 19.8 Å². The highest BCUT2D eigenvalue weighted by atomic mass is 19.1. The van der Waals surface area contributed by atoms with E-state index >= 15 is 0 Å². The van der Waals surface area contributed by atoms with E-state index in [1.807, 2.05) is 0 Å². The third-order valence-electron chi connectivity index (χ3n) is 3.70. The highest BCUT2D eigenvalue weighted by Crippen LogP contribution is 2.22. The van der Waals surface area contributed by atoms with Crippen LogP contribution in [-0.4, -0.2) is 49.2 Å². The van der Waals surface area contributed by atoms with Gasteiger partial charge in [0.2, 0.25) is 5.91 Å². The van der Waals surface area contributed by atoms with Crippen LogP contribution in [0.3, 0.4) is 0 Å². The molecule has 1 rings (SSSR count). The molecule has 0 aliphatic carbocycles. The zero-order valence-electron chi connectivity index (χ0n) is 12.1. The molecular formula is C14H25FN2O3. The first-order chi connectivity index (χ1) is 9.56. The van der Waals surface area contributed by atoms with Gasteiger partial charge in [0.25, 0.3) is 5.91 Å². The molecule has 1 fully saturated rings. The summed E-state index contributed by atoms with van der Waals surface area (Å²) >= 11 is 0. The molecule has 2 N–H and O–H groups in total. The Bertz CT molecular complexity index is 318. The molecule has 1 aliphatic heterocycles. The molecule has 0 unspecified atom stereocenters. The predicted molar refractivity (Wildman–Crippen MR) is 73.7 cm³/mol. The van der Waals surface area contributed by atoms with E-state index < -0.39 is 12.1 Å². The number of nitrogens with two attached hydrogens (primary N) is 1. The van der Waals surface area contributed by atoms with Gasteiger partial charge >= 0.3 is 0 Å². The van der Waals surface area contributed by atoms with E-state index in [1.165, 1.54) is 0 Å². The molecule has 0 saturated carbocycles. The van der Waals surface area contributed by atoms with Gasteiger partial charge in [-0.05, 0) is 19.3 Å². The zero-order chi connectivity index (χ0) is 15.0. The third kappa shape index (κ3) is 5.45. The van der Waals surface area contributed by atoms with E-state index in [-0.39, 0.29) is 18.4 Å². The molecule has 5 nitrogen and oxygen atoms in total. The Balaban J connectivity index is 2.20. The largest absolute Gasteiger partial charge is 0.372 e. The molecule has 0 spiro atoms. The first-order valence-electron chi connectivity index (χ1n) is 7.35. The number of primary amides is 1. The molecule has 0 radical (unpaired) electrons. The van der Waals surface area contributed by atoms with Crippen molar-refractivity contribution in [3.63, 3.8) is 0 Å². The number of alkyl halides is 1. The van der Waals surface area contributed by atoms with Gasteiger partial charge in [-0.2, -0.15) is 0 Å². The Kier molecular flexibility index (Phi) is 7.51. The molecule has 6 heteroatoms. The van der Waals surface area contributed by atoms with E-state index in [0.717, 1.165) is 19.3 Å². The van der Waals surface area contributed by atoms with Crippen LogP contribution >= 0.6 is 0 Å². The number of amides is 2. The SMILES string of the molecule is CCCCCOCC(=O)N1CCC([C@@H](F)C(N)=O)CC1. The molecule has 1 atom stereocenters. The van der Waals surface area contributed by atoms with Crippen LogP contribution < -0.4 is 5.73 Å². The van der Waals surface area contributed by atoms with Crippen LogP contribution in [0.2, 0.25) is 0 Å². The average Bonchev–Trinajstić information content (AvgIpc) is 2.46. The normalized spacial score (nSPS) is 18.0. The molecule has 1 heterocycles. The minimum atomic E-state index is -1.60. The quantitative estimate of drug-likeness (QED) is 0.683. The number of carbonyl (C=O) groups is 2. The smallest absolute Gasteiger partial charge is 0.252 e. The molecule has 1 saturated heterocycles.